The minimum atomic E-state index is -0.361. The number of amidine groups is 1. The lowest BCUT2D eigenvalue weighted by Crippen LogP contribution is -2.23. The molecular weight excluding hydrogens is 300 g/mol. The van der Waals surface area contributed by atoms with Gasteiger partial charge in [-0.25, -0.2) is 4.68 Å². The first-order valence-electron chi connectivity index (χ1n) is 6.35. The second-order valence-corrected chi connectivity index (χ2v) is 5.37. The summed E-state index contributed by atoms with van der Waals surface area (Å²) in [6.07, 6.45) is 5.28. The third-order valence-electron chi connectivity index (χ3n) is 2.81. The van der Waals surface area contributed by atoms with Crippen LogP contribution in [0.15, 0.2) is 57.6 Å². The van der Waals surface area contributed by atoms with Crippen molar-refractivity contribution in [2.45, 2.75) is 0 Å². The van der Waals surface area contributed by atoms with Crippen molar-refractivity contribution < 1.29 is 4.79 Å². The Balaban J connectivity index is 1.95. The van der Waals surface area contributed by atoms with Crippen molar-refractivity contribution in [2.24, 2.45) is 21.5 Å². The molecule has 7 nitrogen and oxygen atoms in total. The molecule has 0 atom stereocenters. The quantitative estimate of drug-likeness (QED) is 0.490. The van der Waals surface area contributed by atoms with E-state index < -0.39 is 0 Å². The number of guanidine groups is 1. The van der Waals surface area contributed by atoms with Crippen LogP contribution >= 0.6 is 11.8 Å². The van der Waals surface area contributed by atoms with Gasteiger partial charge in [-0.3, -0.25) is 4.79 Å². The summed E-state index contributed by atoms with van der Waals surface area (Å²) >= 11 is 1.13. The summed E-state index contributed by atoms with van der Waals surface area (Å²) in [6, 6.07) is 9.45. The Kier molecular flexibility index (Phi) is 3.75. The Bertz CT molecular complexity index is 803. The maximum Gasteiger partial charge on any atom is 0.286 e. The number of rotatable bonds is 2. The fourth-order valence-electron chi connectivity index (χ4n) is 1.93. The van der Waals surface area contributed by atoms with Crippen LogP contribution in [-0.4, -0.2) is 26.8 Å². The van der Waals surface area contributed by atoms with E-state index in [4.69, 9.17) is 11.5 Å². The summed E-state index contributed by atoms with van der Waals surface area (Å²) < 4.78 is 1.73. The molecular formula is C14H12N6OS. The molecule has 110 valence electrons. The molecule has 0 aliphatic carbocycles. The zero-order valence-electron chi connectivity index (χ0n) is 11.4. The van der Waals surface area contributed by atoms with Crippen molar-refractivity contribution >= 4 is 34.9 Å². The minimum absolute atomic E-state index is 0.128. The predicted octanol–water partition coefficient (Wildman–Crippen LogP) is 1.12. The first kappa shape index (κ1) is 14.1. The summed E-state index contributed by atoms with van der Waals surface area (Å²) in [5, 5.41) is 4.45. The van der Waals surface area contributed by atoms with Crippen LogP contribution in [0.2, 0.25) is 0 Å². The van der Waals surface area contributed by atoms with E-state index in [1.807, 2.05) is 36.5 Å². The fraction of sp³-hybridized carbons (Fsp3) is 0. The Morgan fingerprint density at radius 3 is 2.82 bits per heavy atom. The molecule has 0 fully saturated rings. The third-order valence-corrected chi connectivity index (χ3v) is 3.69. The number of thioether (sulfide) groups is 1. The van der Waals surface area contributed by atoms with Crippen molar-refractivity contribution in [1.82, 2.24) is 9.78 Å². The molecule has 1 aromatic heterocycles. The van der Waals surface area contributed by atoms with E-state index in [1.165, 1.54) is 0 Å². The van der Waals surface area contributed by atoms with E-state index in [0.717, 1.165) is 23.0 Å². The van der Waals surface area contributed by atoms with E-state index in [2.05, 4.69) is 15.1 Å². The highest BCUT2D eigenvalue weighted by molar-refractivity contribution is 8.18. The molecule has 1 aliphatic heterocycles. The van der Waals surface area contributed by atoms with Gasteiger partial charge in [0.1, 0.15) is 0 Å². The molecule has 0 unspecified atom stereocenters. The van der Waals surface area contributed by atoms with Gasteiger partial charge in [0, 0.05) is 18.0 Å². The molecule has 2 aromatic rings. The Morgan fingerprint density at radius 1 is 1.27 bits per heavy atom. The van der Waals surface area contributed by atoms with Crippen molar-refractivity contribution in [2.75, 3.05) is 0 Å². The SMILES string of the molecule is NC(N)=NC1=NC(=O)/C(=C\c2ccccc2-n2cccn2)S1. The molecule has 3 rings (SSSR count). The molecule has 4 N–H and O–H groups in total. The van der Waals surface area contributed by atoms with E-state index >= 15 is 0 Å². The molecule has 0 bridgehead atoms. The maximum absolute atomic E-state index is 11.9. The van der Waals surface area contributed by atoms with Gasteiger partial charge in [-0.15, -0.1) is 0 Å². The molecule has 22 heavy (non-hydrogen) atoms. The molecule has 1 aliphatic rings. The molecule has 0 saturated heterocycles. The van der Waals surface area contributed by atoms with Crippen LogP contribution in [0.1, 0.15) is 5.56 Å². The van der Waals surface area contributed by atoms with Gasteiger partial charge in [0.05, 0.1) is 10.6 Å². The van der Waals surface area contributed by atoms with E-state index in [0.29, 0.717) is 4.91 Å². The molecule has 1 aromatic carbocycles. The van der Waals surface area contributed by atoms with Gasteiger partial charge >= 0.3 is 0 Å². The number of hydrogen-bond acceptors (Lipinski definition) is 4. The summed E-state index contributed by atoms with van der Waals surface area (Å²) in [5.74, 6) is -0.488. The first-order chi connectivity index (χ1) is 10.6. The number of nitrogens with two attached hydrogens (primary N) is 2. The second kappa shape index (κ2) is 5.86. The van der Waals surface area contributed by atoms with Crippen LogP contribution in [-0.2, 0) is 4.79 Å². The molecule has 0 spiro atoms. The molecule has 0 radical (unpaired) electrons. The van der Waals surface area contributed by atoms with Crippen molar-refractivity contribution in [1.29, 1.82) is 0 Å². The number of aliphatic imine (C=N–C) groups is 2. The Morgan fingerprint density at radius 2 is 2.09 bits per heavy atom. The van der Waals surface area contributed by atoms with E-state index in [1.54, 1.807) is 17.0 Å². The van der Waals surface area contributed by atoms with Gasteiger partial charge in [0.25, 0.3) is 5.91 Å². The number of nitrogens with zero attached hydrogens (tertiary/aromatic N) is 4. The Labute approximate surface area is 130 Å². The standard InChI is InChI=1S/C14H12N6OS/c15-13(16)19-14-18-12(21)11(22-14)8-9-4-1-2-5-10(9)20-7-3-6-17-20/h1-8H,(H4,15,16,18,19,21)/b11-8+. The molecule has 8 heteroatoms. The van der Waals surface area contributed by atoms with Gasteiger partial charge in [0.15, 0.2) is 11.1 Å². The summed E-state index contributed by atoms with van der Waals surface area (Å²) in [6.45, 7) is 0. The zero-order chi connectivity index (χ0) is 15.5. The van der Waals surface area contributed by atoms with Gasteiger partial charge in [-0.1, -0.05) is 18.2 Å². The normalized spacial score (nSPS) is 15.9. The average Bonchev–Trinajstić information content (AvgIpc) is 3.10. The fourth-order valence-corrected chi connectivity index (χ4v) is 2.72. The van der Waals surface area contributed by atoms with Crippen molar-refractivity contribution in [3.8, 4) is 5.69 Å². The lowest BCUT2D eigenvalue weighted by atomic mass is 10.1. The number of para-hydroxylation sites is 1. The topological polar surface area (TPSA) is 112 Å². The van der Waals surface area contributed by atoms with Crippen LogP contribution < -0.4 is 11.5 Å². The smallest absolute Gasteiger partial charge is 0.286 e. The summed E-state index contributed by atoms with van der Waals surface area (Å²) in [7, 11) is 0. The molecule has 2 heterocycles. The molecule has 1 amide bonds. The van der Waals surface area contributed by atoms with Gasteiger partial charge in [-0.05, 0) is 30.0 Å². The highest BCUT2D eigenvalue weighted by atomic mass is 32.2. The highest BCUT2D eigenvalue weighted by Crippen LogP contribution is 2.30. The number of hydrogen-bond donors (Lipinski definition) is 2. The van der Waals surface area contributed by atoms with Gasteiger partial charge in [0.2, 0.25) is 0 Å². The van der Waals surface area contributed by atoms with Crippen LogP contribution in [0.25, 0.3) is 11.8 Å². The van der Waals surface area contributed by atoms with Gasteiger partial charge < -0.3 is 11.5 Å². The number of carbonyl (C=O) groups is 1. The summed E-state index contributed by atoms with van der Waals surface area (Å²) in [5.41, 5.74) is 12.3. The average molecular weight is 312 g/mol. The predicted molar refractivity (Wildman–Crippen MR) is 87.4 cm³/mol. The Hall–Kier alpha value is -2.87. The lowest BCUT2D eigenvalue weighted by molar-refractivity contribution is -0.113. The van der Waals surface area contributed by atoms with E-state index in [9.17, 15) is 4.79 Å². The minimum Gasteiger partial charge on any atom is -0.370 e. The highest BCUT2D eigenvalue weighted by Gasteiger charge is 2.22. The van der Waals surface area contributed by atoms with Crippen LogP contribution in [0.5, 0.6) is 0 Å². The number of amides is 1. The number of benzene rings is 1. The lowest BCUT2D eigenvalue weighted by Gasteiger charge is -2.06. The largest absolute Gasteiger partial charge is 0.370 e. The first-order valence-corrected chi connectivity index (χ1v) is 7.16. The van der Waals surface area contributed by atoms with Crippen molar-refractivity contribution in [3.05, 3.63) is 53.2 Å². The van der Waals surface area contributed by atoms with Gasteiger partial charge in [-0.2, -0.15) is 15.1 Å². The number of aromatic nitrogens is 2. The van der Waals surface area contributed by atoms with Crippen LogP contribution in [0.4, 0.5) is 0 Å². The zero-order valence-corrected chi connectivity index (χ0v) is 12.2. The summed E-state index contributed by atoms with van der Waals surface area (Å²) in [4.78, 5) is 20.0. The van der Waals surface area contributed by atoms with Crippen LogP contribution in [0.3, 0.4) is 0 Å². The number of carbonyl (C=O) groups excluding carboxylic acids is 1. The monoisotopic (exact) mass is 312 g/mol. The van der Waals surface area contributed by atoms with Crippen LogP contribution in [0, 0.1) is 0 Å². The maximum atomic E-state index is 11.9. The van der Waals surface area contributed by atoms with E-state index in [-0.39, 0.29) is 17.0 Å². The second-order valence-electron chi connectivity index (χ2n) is 4.36. The van der Waals surface area contributed by atoms with Crippen molar-refractivity contribution in [3.63, 3.8) is 0 Å². The molecule has 0 saturated carbocycles. The third kappa shape index (κ3) is 2.91.